The molecule has 1 aliphatic carbocycles. The second kappa shape index (κ2) is 10.6. The number of anilines is 4. The molecule has 1 saturated carbocycles. The zero-order chi connectivity index (χ0) is 24.9. The largest absolute Gasteiger partial charge is 0.495 e. The summed E-state index contributed by atoms with van der Waals surface area (Å²) in [5, 5.41) is 8.77. The van der Waals surface area contributed by atoms with Crippen molar-refractivity contribution >= 4 is 34.7 Å². The molecule has 3 N–H and O–H groups in total. The number of rotatable bonds is 7. The third kappa shape index (κ3) is 5.54. The van der Waals surface area contributed by atoms with Crippen molar-refractivity contribution in [2.75, 3.05) is 53.7 Å². The van der Waals surface area contributed by atoms with Crippen LogP contribution in [0.4, 0.5) is 27.5 Å². The van der Waals surface area contributed by atoms with Crippen LogP contribution in [0, 0.1) is 0 Å². The Morgan fingerprint density at radius 3 is 2.11 bits per heavy atom. The number of nitrogens with one attached hydrogen (secondary N) is 3. The molecule has 36 heavy (non-hydrogen) atoms. The first kappa shape index (κ1) is 23.5. The van der Waals surface area contributed by atoms with E-state index in [0.29, 0.717) is 16.9 Å². The molecule has 1 saturated heterocycles. The highest BCUT2D eigenvalue weighted by Gasteiger charge is 2.27. The van der Waals surface area contributed by atoms with E-state index in [2.05, 4.69) is 31.8 Å². The van der Waals surface area contributed by atoms with Crippen molar-refractivity contribution in [2.45, 2.75) is 18.9 Å². The van der Waals surface area contributed by atoms with Crippen LogP contribution < -0.4 is 30.5 Å². The van der Waals surface area contributed by atoms with Gasteiger partial charge in [-0.3, -0.25) is 4.79 Å². The van der Waals surface area contributed by atoms with E-state index in [4.69, 9.17) is 4.74 Å². The van der Waals surface area contributed by atoms with Gasteiger partial charge >= 0.3 is 6.03 Å². The first-order valence-corrected chi connectivity index (χ1v) is 12.3. The molecule has 3 aromatic rings. The first-order chi connectivity index (χ1) is 17.6. The molecule has 0 spiro atoms. The van der Waals surface area contributed by atoms with Crippen molar-refractivity contribution in [3.63, 3.8) is 0 Å². The maximum atomic E-state index is 13.2. The van der Waals surface area contributed by atoms with Gasteiger partial charge in [0.2, 0.25) is 0 Å². The number of urea groups is 1. The second-order valence-electron chi connectivity index (χ2n) is 9.07. The zero-order valence-electron chi connectivity index (χ0n) is 20.4. The number of hydrogen-bond acceptors (Lipinski definition) is 5. The van der Waals surface area contributed by atoms with E-state index in [1.807, 2.05) is 60.7 Å². The highest BCUT2D eigenvalue weighted by Crippen LogP contribution is 2.31. The Morgan fingerprint density at radius 2 is 1.42 bits per heavy atom. The fourth-order valence-corrected chi connectivity index (χ4v) is 4.46. The average molecular weight is 486 g/mol. The van der Waals surface area contributed by atoms with Crippen LogP contribution in [0.15, 0.2) is 72.8 Å². The molecule has 8 heteroatoms. The minimum absolute atomic E-state index is 0.105. The molecule has 1 aliphatic heterocycles. The average Bonchev–Trinajstić information content (AvgIpc) is 3.73. The number of methoxy groups -OCH3 is 1. The lowest BCUT2D eigenvalue weighted by Gasteiger charge is -2.38. The molecule has 0 atom stereocenters. The summed E-state index contributed by atoms with van der Waals surface area (Å²) in [6, 6.07) is 22.7. The molecule has 3 aromatic carbocycles. The van der Waals surface area contributed by atoms with E-state index >= 15 is 0 Å². The maximum Gasteiger partial charge on any atom is 0.323 e. The highest BCUT2D eigenvalue weighted by molar-refractivity contribution is 6.04. The molecule has 3 amide bonds. The van der Waals surface area contributed by atoms with Crippen molar-refractivity contribution in [3.05, 3.63) is 78.4 Å². The summed E-state index contributed by atoms with van der Waals surface area (Å²) in [6.45, 7) is 3.15. The van der Waals surface area contributed by atoms with Gasteiger partial charge in [-0.15, -0.1) is 0 Å². The molecule has 0 radical (unpaired) electrons. The molecule has 1 heterocycles. The van der Waals surface area contributed by atoms with Gasteiger partial charge in [0.1, 0.15) is 5.75 Å². The summed E-state index contributed by atoms with van der Waals surface area (Å²) >= 11 is 0. The SMILES string of the molecule is COc1ccccc1N1CCN(c2ccc(NC(=O)Nc3ccccc3)cc2C(=O)NC2CC2)CC1. The Balaban J connectivity index is 1.31. The Kier molecular flexibility index (Phi) is 6.93. The van der Waals surface area contributed by atoms with Crippen molar-refractivity contribution in [2.24, 2.45) is 0 Å². The zero-order valence-corrected chi connectivity index (χ0v) is 20.4. The maximum absolute atomic E-state index is 13.2. The van der Waals surface area contributed by atoms with Crippen LogP contribution in [0.1, 0.15) is 23.2 Å². The molecule has 0 unspecified atom stereocenters. The predicted octanol–water partition coefficient (Wildman–Crippen LogP) is 4.56. The Hall–Kier alpha value is -4.20. The summed E-state index contributed by atoms with van der Waals surface area (Å²) in [5.41, 5.74) is 3.80. The fourth-order valence-electron chi connectivity index (χ4n) is 4.46. The van der Waals surface area contributed by atoms with E-state index in [-0.39, 0.29) is 18.0 Å². The van der Waals surface area contributed by atoms with Crippen LogP contribution in [-0.2, 0) is 0 Å². The van der Waals surface area contributed by atoms with Gasteiger partial charge in [-0.25, -0.2) is 4.79 Å². The molecule has 0 bridgehead atoms. The van der Waals surface area contributed by atoms with Gasteiger partial charge < -0.3 is 30.5 Å². The molecule has 5 rings (SSSR count). The lowest BCUT2D eigenvalue weighted by Crippen LogP contribution is -2.47. The Bertz CT molecular complexity index is 1220. The number of hydrogen-bond donors (Lipinski definition) is 3. The third-order valence-electron chi connectivity index (χ3n) is 6.49. The summed E-state index contributed by atoms with van der Waals surface area (Å²) in [5.74, 6) is 0.756. The number of carbonyl (C=O) groups excluding carboxylic acids is 2. The summed E-state index contributed by atoms with van der Waals surface area (Å²) in [6.07, 6.45) is 2.02. The lowest BCUT2D eigenvalue weighted by atomic mass is 10.1. The molecule has 8 nitrogen and oxygen atoms in total. The number of nitrogens with zero attached hydrogens (tertiary/aromatic N) is 2. The quantitative estimate of drug-likeness (QED) is 0.457. The number of carbonyl (C=O) groups is 2. The monoisotopic (exact) mass is 485 g/mol. The highest BCUT2D eigenvalue weighted by atomic mass is 16.5. The molecular weight excluding hydrogens is 454 g/mol. The first-order valence-electron chi connectivity index (χ1n) is 12.3. The predicted molar refractivity (Wildman–Crippen MR) is 143 cm³/mol. The summed E-state index contributed by atoms with van der Waals surface area (Å²) in [4.78, 5) is 30.2. The topological polar surface area (TPSA) is 85.9 Å². The van der Waals surface area contributed by atoms with Crippen molar-refractivity contribution in [3.8, 4) is 5.75 Å². The number of piperazine rings is 1. The smallest absolute Gasteiger partial charge is 0.323 e. The number of benzene rings is 3. The van der Waals surface area contributed by atoms with Gasteiger partial charge in [-0.1, -0.05) is 30.3 Å². The number of ether oxygens (including phenoxy) is 1. The third-order valence-corrected chi connectivity index (χ3v) is 6.49. The van der Waals surface area contributed by atoms with Gasteiger partial charge in [0, 0.05) is 49.3 Å². The van der Waals surface area contributed by atoms with Gasteiger partial charge in [0.15, 0.2) is 0 Å². The lowest BCUT2D eigenvalue weighted by molar-refractivity contribution is 0.0951. The second-order valence-corrected chi connectivity index (χ2v) is 9.07. The van der Waals surface area contributed by atoms with Gasteiger partial charge in [-0.05, 0) is 55.3 Å². The normalized spacial score (nSPS) is 15.2. The van der Waals surface area contributed by atoms with Crippen molar-refractivity contribution < 1.29 is 14.3 Å². The van der Waals surface area contributed by atoms with E-state index < -0.39 is 0 Å². The Morgan fingerprint density at radius 1 is 0.778 bits per heavy atom. The molecule has 2 aliphatic rings. The molecule has 186 valence electrons. The number of para-hydroxylation sites is 3. The van der Waals surface area contributed by atoms with Crippen LogP contribution in [0.3, 0.4) is 0 Å². The minimum Gasteiger partial charge on any atom is -0.495 e. The van der Waals surface area contributed by atoms with Gasteiger partial charge in [-0.2, -0.15) is 0 Å². The van der Waals surface area contributed by atoms with E-state index in [9.17, 15) is 9.59 Å². The fraction of sp³-hybridized carbons (Fsp3) is 0.286. The summed E-state index contributed by atoms with van der Waals surface area (Å²) in [7, 11) is 1.69. The Labute approximate surface area is 211 Å². The van der Waals surface area contributed by atoms with E-state index in [1.54, 1.807) is 13.2 Å². The minimum atomic E-state index is -0.354. The standard InChI is InChI=1S/C28H31N5O3/c1-36-26-10-6-5-9-25(26)33-17-15-32(16-18-33)24-14-13-22(19-23(24)27(34)29-21-11-12-21)31-28(35)30-20-7-3-2-4-8-20/h2-10,13-14,19,21H,11-12,15-18H2,1H3,(H,29,34)(H2,30,31,35). The van der Waals surface area contributed by atoms with Crippen LogP contribution in [-0.4, -0.2) is 51.3 Å². The van der Waals surface area contributed by atoms with Crippen LogP contribution in [0.25, 0.3) is 0 Å². The van der Waals surface area contributed by atoms with E-state index in [0.717, 1.165) is 56.1 Å². The molecule has 0 aromatic heterocycles. The van der Waals surface area contributed by atoms with Gasteiger partial charge in [0.25, 0.3) is 5.91 Å². The molecular formula is C28H31N5O3. The van der Waals surface area contributed by atoms with Crippen molar-refractivity contribution in [1.82, 2.24) is 5.32 Å². The molecule has 2 fully saturated rings. The van der Waals surface area contributed by atoms with Crippen LogP contribution >= 0.6 is 0 Å². The number of amides is 3. The van der Waals surface area contributed by atoms with Crippen molar-refractivity contribution in [1.29, 1.82) is 0 Å². The van der Waals surface area contributed by atoms with E-state index in [1.165, 1.54) is 0 Å². The van der Waals surface area contributed by atoms with Gasteiger partial charge in [0.05, 0.1) is 18.4 Å². The summed E-state index contributed by atoms with van der Waals surface area (Å²) < 4.78 is 5.54. The van der Waals surface area contributed by atoms with Crippen LogP contribution in [0.2, 0.25) is 0 Å². The van der Waals surface area contributed by atoms with Crippen LogP contribution in [0.5, 0.6) is 5.75 Å².